The highest BCUT2D eigenvalue weighted by atomic mass is 16.5. The molecule has 0 unspecified atom stereocenters. The molecule has 142 valence electrons. The quantitative estimate of drug-likeness (QED) is 0.469. The molecule has 0 aromatic heterocycles. The second-order valence-corrected chi connectivity index (χ2v) is 6.00. The van der Waals surface area contributed by atoms with Crippen LogP contribution in [0.2, 0.25) is 0 Å². The van der Waals surface area contributed by atoms with E-state index in [0.717, 1.165) is 16.9 Å². The number of hydrazone groups is 1. The standard InChI is InChI=1S/C23H22N2O3/c1-2-27-21-12-8-18(9-13-21)16-24-25-23(26)20-10-14-22(15-11-20)28-17-19-6-4-3-5-7-19/h3-16H,2,17H2,1H3,(H,25,26)/b24-16-. The lowest BCUT2D eigenvalue weighted by Crippen LogP contribution is -2.17. The minimum atomic E-state index is -0.281. The number of hydrogen-bond donors (Lipinski definition) is 1. The fourth-order valence-electron chi connectivity index (χ4n) is 2.49. The van der Waals surface area contributed by atoms with Crippen LogP contribution >= 0.6 is 0 Å². The molecule has 3 aromatic carbocycles. The van der Waals surface area contributed by atoms with Crippen LogP contribution in [-0.4, -0.2) is 18.7 Å². The second kappa shape index (κ2) is 9.92. The molecule has 0 saturated carbocycles. The Morgan fingerprint density at radius 3 is 2.21 bits per heavy atom. The maximum Gasteiger partial charge on any atom is 0.271 e. The van der Waals surface area contributed by atoms with Gasteiger partial charge in [0.2, 0.25) is 0 Å². The summed E-state index contributed by atoms with van der Waals surface area (Å²) >= 11 is 0. The number of benzene rings is 3. The average molecular weight is 374 g/mol. The summed E-state index contributed by atoms with van der Waals surface area (Å²) in [6.07, 6.45) is 1.59. The predicted molar refractivity (Wildman–Crippen MR) is 110 cm³/mol. The van der Waals surface area contributed by atoms with Crippen molar-refractivity contribution in [1.29, 1.82) is 0 Å². The fourth-order valence-corrected chi connectivity index (χ4v) is 2.49. The monoisotopic (exact) mass is 374 g/mol. The van der Waals surface area contributed by atoms with Gasteiger partial charge in [0.05, 0.1) is 12.8 Å². The van der Waals surface area contributed by atoms with Crippen LogP contribution in [0.1, 0.15) is 28.4 Å². The first-order valence-corrected chi connectivity index (χ1v) is 9.07. The van der Waals surface area contributed by atoms with Gasteiger partial charge in [-0.3, -0.25) is 4.79 Å². The minimum absolute atomic E-state index is 0.281. The molecule has 0 heterocycles. The fraction of sp³-hybridized carbons (Fsp3) is 0.130. The van der Waals surface area contributed by atoms with Gasteiger partial charge in [0.25, 0.3) is 5.91 Å². The number of amides is 1. The van der Waals surface area contributed by atoms with Crippen molar-refractivity contribution in [3.63, 3.8) is 0 Å². The van der Waals surface area contributed by atoms with E-state index in [1.807, 2.05) is 61.5 Å². The third kappa shape index (κ3) is 5.71. The van der Waals surface area contributed by atoms with E-state index in [1.54, 1.807) is 30.5 Å². The topological polar surface area (TPSA) is 59.9 Å². The number of carbonyl (C=O) groups is 1. The smallest absolute Gasteiger partial charge is 0.271 e. The molecule has 5 nitrogen and oxygen atoms in total. The summed E-state index contributed by atoms with van der Waals surface area (Å²) in [4.78, 5) is 12.2. The van der Waals surface area contributed by atoms with Gasteiger partial charge in [0.15, 0.2) is 0 Å². The van der Waals surface area contributed by atoms with Gasteiger partial charge in [0, 0.05) is 5.56 Å². The highest BCUT2D eigenvalue weighted by molar-refractivity contribution is 5.95. The molecule has 0 aliphatic heterocycles. The van der Waals surface area contributed by atoms with Crippen LogP contribution in [0.5, 0.6) is 11.5 Å². The Labute approximate surface area is 164 Å². The molecule has 0 aliphatic rings. The largest absolute Gasteiger partial charge is 0.494 e. The highest BCUT2D eigenvalue weighted by Gasteiger charge is 2.04. The minimum Gasteiger partial charge on any atom is -0.494 e. The lowest BCUT2D eigenvalue weighted by molar-refractivity contribution is 0.0955. The average Bonchev–Trinajstić information content (AvgIpc) is 2.75. The van der Waals surface area contributed by atoms with Crippen LogP contribution < -0.4 is 14.9 Å². The van der Waals surface area contributed by atoms with Gasteiger partial charge in [-0.2, -0.15) is 5.10 Å². The summed E-state index contributed by atoms with van der Waals surface area (Å²) in [5.74, 6) is 1.23. The summed E-state index contributed by atoms with van der Waals surface area (Å²) in [7, 11) is 0. The molecule has 1 N–H and O–H groups in total. The van der Waals surface area contributed by atoms with E-state index in [1.165, 1.54) is 0 Å². The number of hydrogen-bond acceptors (Lipinski definition) is 4. The molecular formula is C23H22N2O3. The zero-order valence-electron chi connectivity index (χ0n) is 15.7. The van der Waals surface area contributed by atoms with Crippen molar-refractivity contribution in [2.24, 2.45) is 5.10 Å². The van der Waals surface area contributed by atoms with Gasteiger partial charge >= 0.3 is 0 Å². The van der Waals surface area contributed by atoms with Crippen molar-refractivity contribution in [3.8, 4) is 11.5 Å². The number of nitrogens with one attached hydrogen (secondary N) is 1. The van der Waals surface area contributed by atoms with Gasteiger partial charge in [-0.25, -0.2) is 5.43 Å². The van der Waals surface area contributed by atoms with Gasteiger partial charge in [-0.05, 0) is 66.6 Å². The number of ether oxygens (including phenoxy) is 2. The summed E-state index contributed by atoms with van der Waals surface area (Å²) in [5.41, 5.74) is 4.99. The van der Waals surface area contributed by atoms with Crippen molar-refractivity contribution in [2.75, 3.05) is 6.61 Å². The predicted octanol–water partition coefficient (Wildman–Crippen LogP) is 4.43. The van der Waals surface area contributed by atoms with Gasteiger partial charge in [0.1, 0.15) is 18.1 Å². The molecule has 0 spiro atoms. The Morgan fingerprint density at radius 2 is 1.54 bits per heavy atom. The maximum atomic E-state index is 12.2. The Morgan fingerprint density at radius 1 is 0.893 bits per heavy atom. The molecule has 0 aliphatic carbocycles. The Balaban J connectivity index is 1.50. The van der Waals surface area contributed by atoms with Crippen molar-refractivity contribution in [3.05, 3.63) is 95.6 Å². The van der Waals surface area contributed by atoms with Crippen LogP contribution in [0.15, 0.2) is 84.0 Å². The van der Waals surface area contributed by atoms with Crippen LogP contribution in [0.3, 0.4) is 0 Å². The first kappa shape index (κ1) is 19.2. The van der Waals surface area contributed by atoms with Crippen molar-refractivity contribution in [2.45, 2.75) is 13.5 Å². The summed E-state index contributed by atoms with van der Waals surface area (Å²) in [6.45, 7) is 3.05. The second-order valence-electron chi connectivity index (χ2n) is 6.00. The first-order chi connectivity index (χ1) is 13.7. The Kier molecular flexibility index (Phi) is 6.79. The van der Waals surface area contributed by atoms with Crippen LogP contribution in [-0.2, 0) is 6.61 Å². The van der Waals surface area contributed by atoms with E-state index >= 15 is 0 Å². The van der Waals surface area contributed by atoms with Gasteiger partial charge in [-0.15, -0.1) is 0 Å². The molecular weight excluding hydrogens is 352 g/mol. The first-order valence-electron chi connectivity index (χ1n) is 9.07. The van der Waals surface area contributed by atoms with E-state index in [0.29, 0.717) is 24.5 Å². The molecule has 0 radical (unpaired) electrons. The molecule has 3 aromatic rings. The van der Waals surface area contributed by atoms with Crippen LogP contribution in [0, 0.1) is 0 Å². The van der Waals surface area contributed by atoms with Crippen molar-refractivity contribution in [1.82, 2.24) is 5.43 Å². The zero-order chi connectivity index (χ0) is 19.6. The van der Waals surface area contributed by atoms with E-state index in [4.69, 9.17) is 9.47 Å². The Bertz CT molecular complexity index is 905. The summed E-state index contributed by atoms with van der Waals surface area (Å²) < 4.78 is 11.1. The normalized spacial score (nSPS) is 10.6. The molecule has 1 amide bonds. The lowest BCUT2D eigenvalue weighted by atomic mass is 10.2. The molecule has 0 saturated heterocycles. The third-order valence-corrected chi connectivity index (χ3v) is 3.94. The highest BCUT2D eigenvalue weighted by Crippen LogP contribution is 2.14. The molecule has 0 atom stereocenters. The van der Waals surface area contributed by atoms with E-state index in [-0.39, 0.29) is 5.91 Å². The summed E-state index contributed by atoms with van der Waals surface area (Å²) in [6, 6.07) is 24.4. The molecule has 0 bridgehead atoms. The maximum absolute atomic E-state index is 12.2. The molecule has 28 heavy (non-hydrogen) atoms. The zero-order valence-corrected chi connectivity index (χ0v) is 15.7. The Hall–Kier alpha value is -3.60. The summed E-state index contributed by atoms with van der Waals surface area (Å²) in [5, 5.41) is 4.00. The van der Waals surface area contributed by atoms with Crippen molar-refractivity contribution < 1.29 is 14.3 Å². The van der Waals surface area contributed by atoms with E-state index < -0.39 is 0 Å². The number of nitrogens with zero attached hydrogens (tertiary/aromatic N) is 1. The lowest BCUT2D eigenvalue weighted by Gasteiger charge is -2.07. The van der Waals surface area contributed by atoms with Crippen molar-refractivity contribution >= 4 is 12.1 Å². The van der Waals surface area contributed by atoms with Crippen LogP contribution in [0.4, 0.5) is 0 Å². The SMILES string of the molecule is CCOc1ccc(/C=N\NC(=O)c2ccc(OCc3ccccc3)cc2)cc1. The van der Waals surface area contributed by atoms with E-state index in [2.05, 4.69) is 10.5 Å². The number of rotatable bonds is 8. The van der Waals surface area contributed by atoms with Crippen LogP contribution in [0.25, 0.3) is 0 Å². The van der Waals surface area contributed by atoms with Gasteiger partial charge < -0.3 is 9.47 Å². The molecule has 0 fully saturated rings. The van der Waals surface area contributed by atoms with Gasteiger partial charge in [-0.1, -0.05) is 30.3 Å². The third-order valence-electron chi connectivity index (χ3n) is 3.94. The van der Waals surface area contributed by atoms with E-state index in [9.17, 15) is 4.79 Å². The molecule has 5 heteroatoms. The molecule has 3 rings (SSSR count). The number of carbonyl (C=O) groups excluding carboxylic acids is 1.